The lowest BCUT2D eigenvalue weighted by Crippen LogP contribution is -2.33. The van der Waals surface area contributed by atoms with Crippen LogP contribution in [0.4, 0.5) is 0 Å². The van der Waals surface area contributed by atoms with Crippen LogP contribution in [0.1, 0.15) is 32.3 Å². The fraction of sp³-hybridized carbons (Fsp3) is 0.588. The van der Waals surface area contributed by atoms with Crippen LogP contribution in [0, 0.1) is 0 Å². The minimum Gasteiger partial charge on any atom is -0.459 e. The average molecular weight is 372 g/mol. The molecular formula is C17H24O7S. The summed E-state index contributed by atoms with van der Waals surface area (Å²) in [6, 6.07) is 9.35. The van der Waals surface area contributed by atoms with Crippen molar-refractivity contribution in [3.8, 4) is 0 Å². The highest BCUT2D eigenvalue weighted by Crippen LogP contribution is 2.31. The summed E-state index contributed by atoms with van der Waals surface area (Å²) >= 11 is 0. The van der Waals surface area contributed by atoms with Gasteiger partial charge < -0.3 is 14.2 Å². The highest BCUT2D eigenvalue weighted by molar-refractivity contribution is 7.85. The van der Waals surface area contributed by atoms with E-state index in [0.29, 0.717) is 12.8 Å². The van der Waals surface area contributed by atoms with E-state index in [1.165, 1.54) is 0 Å². The van der Waals surface area contributed by atoms with E-state index in [9.17, 15) is 13.2 Å². The fourth-order valence-electron chi connectivity index (χ4n) is 2.55. The minimum atomic E-state index is -3.48. The van der Waals surface area contributed by atoms with Crippen molar-refractivity contribution in [2.75, 3.05) is 12.9 Å². The van der Waals surface area contributed by atoms with Gasteiger partial charge in [-0.2, -0.15) is 8.42 Å². The summed E-state index contributed by atoms with van der Waals surface area (Å²) in [5, 5.41) is 0. The fourth-order valence-corrected chi connectivity index (χ4v) is 2.97. The Balaban J connectivity index is 1.87. The van der Waals surface area contributed by atoms with Crippen molar-refractivity contribution in [1.29, 1.82) is 0 Å². The number of ether oxygens (including phenoxy) is 3. The quantitative estimate of drug-likeness (QED) is 0.392. The van der Waals surface area contributed by atoms with Crippen LogP contribution < -0.4 is 0 Å². The Bertz CT molecular complexity index is 669. The topological polar surface area (TPSA) is 88.1 Å². The predicted molar refractivity (Wildman–Crippen MR) is 90.1 cm³/mol. The molecule has 0 spiro atoms. The second-order valence-electron chi connectivity index (χ2n) is 6.36. The molecular weight excluding hydrogens is 348 g/mol. The Morgan fingerprint density at radius 2 is 1.88 bits per heavy atom. The van der Waals surface area contributed by atoms with Gasteiger partial charge in [0.05, 0.1) is 19.0 Å². The summed E-state index contributed by atoms with van der Waals surface area (Å²) in [6.45, 7) is 3.63. The Morgan fingerprint density at radius 3 is 2.52 bits per heavy atom. The van der Waals surface area contributed by atoms with E-state index in [1.54, 1.807) is 13.8 Å². The molecule has 1 heterocycles. The van der Waals surface area contributed by atoms with E-state index in [2.05, 4.69) is 0 Å². The van der Waals surface area contributed by atoms with E-state index < -0.39 is 34.1 Å². The van der Waals surface area contributed by atoms with Crippen molar-refractivity contribution in [2.24, 2.45) is 0 Å². The van der Waals surface area contributed by atoms with E-state index >= 15 is 0 Å². The number of carbonyl (C=O) groups is 1. The molecule has 1 aliphatic heterocycles. The summed E-state index contributed by atoms with van der Waals surface area (Å²) in [6.07, 6.45) is 0.469. The Hall–Kier alpha value is -1.48. The normalized spacial score (nSPS) is 22.7. The number of esters is 1. The van der Waals surface area contributed by atoms with Gasteiger partial charge >= 0.3 is 5.97 Å². The minimum absolute atomic E-state index is 0.0326. The predicted octanol–water partition coefficient (Wildman–Crippen LogP) is 2.01. The van der Waals surface area contributed by atoms with Crippen molar-refractivity contribution in [3.63, 3.8) is 0 Å². The molecule has 0 N–H and O–H groups in total. The van der Waals surface area contributed by atoms with Gasteiger partial charge in [0.2, 0.25) is 0 Å². The second kappa shape index (κ2) is 8.27. The molecule has 0 saturated carbocycles. The molecule has 1 saturated heterocycles. The van der Waals surface area contributed by atoms with Crippen LogP contribution in [0.15, 0.2) is 30.3 Å². The van der Waals surface area contributed by atoms with Crippen LogP contribution in [-0.4, -0.2) is 45.2 Å². The van der Waals surface area contributed by atoms with E-state index in [0.717, 1.165) is 11.8 Å². The second-order valence-corrected chi connectivity index (χ2v) is 8.00. The summed E-state index contributed by atoms with van der Waals surface area (Å²) in [5.74, 6) is -1.40. The summed E-state index contributed by atoms with van der Waals surface area (Å²) in [5.41, 5.74) is 0.882. The summed E-state index contributed by atoms with van der Waals surface area (Å²) < 4.78 is 43.4. The molecule has 7 nitrogen and oxygen atoms in total. The molecule has 1 fully saturated rings. The molecule has 0 aromatic heterocycles. The summed E-state index contributed by atoms with van der Waals surface area (Å²) in [7, 11) is -3.48. The maximum absolute atomic E-state index is 12.4. The lowest BCUT2D eigenvalue weighted by molar-refractivity contribution is -0.171. The van der Waals surface area contributed by atoms with Gasteiger partial charge in [-0.15, -0.1) is 0 Å². The van der Waals surface area contributed by atoms with Crippen LogP contribution in [0.2, 0.25) is 0 Å². The van der Waals surface area contributed by atoms with Crippen molar-refractivity contribution < 1.29 is 31.6 Å². The van der Waals surface area contributed by atoms with Gasteiger partial charge in [0.15, 0.2) is 11.9 Å². The van der Waals surface area contributed by atoms with Crippen molar-refractivity contribution in [1.82, 2.24) is 0 Å². The zero-order valence-corrected chi connectivity index (χ0v) is 15.5. The molecule has 140 valence electrons. The molecule has 0 radical (unpaired) electrons. The number of carbonyl (C=O) groups excluding carboxylic acids is 1. The average Bonchev–Trinajstić information content (AvgIpc) is 2.84. The number of hydrogen-bond donors (Lipinski definition) is 0. The van der Waals surface area contributed by atoms with Crippen molar-refractivity contribution in [3.05, 3.63) is 35.9 Å². The maximum Gasteiger partial charge on any atom is 0.338 e. The third kappa shape index (κ3) is 6.74. The van der Waals surface area contributed by atoms with Gasteiger partial charge in [-0.05, 0) is 32.3 Å². The zero-order valence-electron chi connectivity index (χ0n) is 14.6. The Kier molecular flexibility index (Phi) is 6.56. The van der Waals surface area contributed by atoms with Crippen LogP contribution in [0.5, 0.6) is 0 Å². The largest absolute Gasteiger partial charge is 0.459 e. The van der Waals surface area contributed by atoms with Crippen LogP contribution >= 0.6 is 0 Å². The highest BCUT2D eigenvalue weighted by atomic mass is 32.2. The first-order chi connectivity index (χ1) is 11.7. The third-order valence-corrected chi connectivity index (χ3v) is 4.17. The Labute approximate surface area is 148 Å². The smallest absolute Gasteiger partial charge is 0.338 e. The molecule has 1 aromatic carbocycles. The van der Waals surface area contributed by atoms with Crippen molar-refractivity contribution in [2.45, 2.75) is 51.3 Å². The molecule has 8 heteroatoms. The lowest BCUT2D eigenvalue weighted by atomic mass is 10.1. The van der Waals surface area contributed by atoms with E-state index in [1.807, 2.05) is 30.3 Å². The molecule has 1 aliphatic rings. The number of rotatable bonds is 8. The standard InChI is InChI=1S/C17H24O7S/c1-17(2)23-14(10-7-11-22-25(3,19)20)15(24-17)16(18)21-12-13-8-5-4-6-9-13/h4-6,8-9,14-15H,7,10-12H2,1-3H3. The monoisotopic (exact) mass is 372 g/mol. The van der Waals surface area contributed by atoms with E-state index in [4.69, 9.17) is 18.4 Å². The van der Waals surface area contributed by atoms with Gasteiger partial charge in [0.25, 0.3) is 10.1 Å². The van der Waals surface area contributed by atoms with Crippen LogP contribution in [-0.2, 0) is 39.9 Å². The van der Waals surface area contributed by atoms with E-state index in [-0.39, 0.29) is 13.2 Å². The maximum atomic E-state index is 12.4. The molecule has 25 heavy (non-hydrogen) atoms. The SMILES string of the molecule is CC1(C)OC(CCCOS(C)(=O)=O)C(C(=O)OCc2ccccc2)O1. The van der Waals surface area contributed by atoms with Crippen molar-refractivity contribution >= 4 is 16.1 Å². The van der Waals surface area contributed by atoms with Crippen LogP contribution in [0.25, 0.3) is 0 Å². The van der Waals surface area contributed by atoms with Gasteiger partial charge in [0.1, 0.15) is 6.61 Å². The molecule has 0 bridgehead atoms. The third-order valence-electron chi connectivity index (χ3n) is 3.57. The first kappa shape index (κ1) is 19.8. The molecule has 2 rings (SSSR count). The first-order valence-corrected chi connectivity index (χ1v) is 9.88. The van der Waals surface area contributed by atoms with Gasteiger partial charge in [-0.3, -0.25) is 4.18 Å². The zero-order chi connectivity index (χ0) is 18.5. The molecule has 2 unspecified atom stereocenters. The Morgan fingerprint density at radius 1 is 1.20 bits per heavy atom. The molecule has 0 amide bonds. The molecule has 2 atom stereocenters. The van der Waals surface area contributed by atoms with Crippen LogP contribution in [0.3, 0.4) is 0 Å². The lowest BCUT2D eigenvalue weighted by Gasteiger charge is -2.16. The number of hydrogen-bond acceptors (Lipinski definition) is 7. The summed E-state index contributed by atoms with van der Waals surface area (Å²) in [4.78, 5) is 12.4. The number of benzene rings is 1. The first-order valence-electron chi connectivity index (χ1n) is 8.07. The molecule has 1 aromatic rings. The molecule has 0 aliphatic carbocycles. The van der Waals surface area contributed by atoms with Gasteiger partial charge in [-0.25, -0.2) is 4.79 Å². The van der Waals surface area contributed by atoms with Gasteiger partial charge in [-0.1, -0.05) is 30.3 Å². The van der Waals surface area contributed by atoms with Gasteiger partial charge in [0, 0.05) is 0 Å². The highest BCUT2D eigenvalue weighted by Gasteiger charge is 2.45.